The van der Waals surface area contributed by atoms with Crippen LogP contribution < -0.4 is 5.32 Å². The van der Waals surface area contributed by atoms with Crippen LogP contribution >= 0.6 is 0 Å². The first-order valence-electron chi connectivity index (χ1n) is 9.56. The molecule has 28 heavy (non-hydrogen) atoms. The lowest BCUT2D eigenvalue weighted by molar-refractivity contribution is -0.140. The van der Waals surface area contributed by atoms with Gasteiger partial charge in [-0.1, -0.05) is 12.5 Å². The number of carbonyl (C=O) groups excluding carboxylic acids is 3. The Hall–Kier alpha value is -2.48. The van der Waals surface area contributed by atoms with Crippen molar-refractivity contribution in [2.24, 2.45) is 5.92 Å². The predicted molar refractivity (Wildman–Crippen MR) is 104 cm³/mol. The lowest BCUT2D eigenvalue weighted by Gasteiger charge is -2.25. The van der Waals surface area contributed by atoms with Crippen LogP contribution in [0.2, 0.25) is 0 Å². The highest BCUT2D eigenvalue weighted by atomic mass is 16.5. The first kappa shape index (κ1) is 21.8. The van der Waals surface area contributed by atoms with E-state index in [1.807, 2.05) is 12.1 Å². The quantitative estimate of drug-likeness (QED) is 0.776. The van der Waals surface area contributed by atoms with Crippen LogP contribution in [0.25, 0.3) is 0 Å². The van der Waals surface area contributed by atoms with Crippen molar-refractivity contribution in [3.8, 4) is 0 Å². The van der Waals surface area contributed by atoms with Gasteiger partial charge in [-0.2, -0.15) is 0 Å². The molecule has 1 saturated heterocycles. The third-order valence-corrected chi connectivity index (χ3v) is 4.95. The number of nitrogens with one attached hydrogen (secondary N) is 1. The van der Waals surface area contributed by atoms with Gasteiger partial charge in [0.1, 0.15) is 6.61 Å². The molecule has 1 aliphatic rings. The molecule has 0 unspecified atom stereocenters. The molecule has 154 valence electrons. The van der Waals surface area contributed by atoms with E-state index in [4.69, 9.17) is 4.74 Å². The van der Waals surface area contributed by atoms with E-state index in [2.05, 4.69) is 10.3 Å². The topological polar surface area (TPSA) is 91.8 Å². The number of aromatic nitrogens is 1. The molecular weight excluding hydrogens is 360 g/mol. The molecule has 0 aliphatic carbocycles. The summed E-state index contributed by atoms with van der Waals surface area (Å²) in [4.78, 5) is 44.7. The maximum Gasteiger partial charge on any atom is 0.246 e. The summed E-state index contributed by atoms with van der Waals surface area (Å²) in [5, 5.41) is 2.91. The fourth-order valence-corrected chi connectivity index (χ4v) is 3.49. The summed E-state index contributed by atoms with van der Waals surface area (Å²) in [5.74, 6) is -0.671. The Morgan fingerprint density at radius 3 is 2.86 bits per heavy atom. The smallest absolute Gasteiger partial charge is 0.246 e. The Kier molecular flexibility index (Phi) is 8.38. The molecule has 2 atom stereocenters. The SMILES string of the molecule is COCC(=O)N[C@@H]1CCC[C@@H](C(=O)N(C)Cc2cccnc2)CC(=O)N(C)C1. The van der Waals surface area contributed by atoms with E-state index in [9.17, 15) is 14.4 Å². The molecule has 0 saturated carbocycles. The van der Waals surface area contributed by atoms with Gasteiger partial charge in [-0.05, 0) is 24.5 Å². The summed E-state index contributed by atoms with van der Waals surface area (Å²) in [5.41, 5.74) is 0.950. The van der Waals surface area contributed by atoms with Gasteiger partial charge < -0.3 is 19.9 Å². The molecule has 1 aliphatic heterocycles. The van der Waals surface area contributed by atoms with Crippen molar-refractivity contribution in [1.29, 1.82) is 0 Å². The highest BCUT2D eigenvalue weighted by molar-refractivity contribution is 5.85. The van der Waals surface area contributed by atoms with Gasteiger partial charge in [0.2, 0.25) is 17.7 Å². The van der Waals surface area contributed by atoms with Crippen LogP contribution in [0.5, 0.6) is 0 Å². The Morgan fingerprint density at radius 2 is 2.18 bits per heavy atom. The Morgan fingerprint density at radius 1 is 1.39 bits per heavy atom. The van der Waals surface area contributed by atoms with E-state index < -0.39 is 0 Å². The molecule has 2 rings (SSSR count). The van der Waals surface area contributed by atoms with Crippen molar-refractivity contribution in [3.05, 3.63) is 30.1 Å². The molecule has 8 nitrogen and oxygen atoms in total. The summed E-state index contributed by atoms with van der Waals surface area (Å²) in [6, 6.07) is 3.62. The minimum Gasteiger partial charge on any atom is -0.375 e. The minimum absolute atomic E-state index is 0.00555. The van der Waals surface area contributed by atoms with E-state index in [0.717, 1.165) is 12.0 Å². The number of ether oxygens (including phenoxy) is 1. The highest BCUT2D eigenvalue weighted by Crippen LogP contribution is 2.21. The second-order valence-electron chi connectivity index (χ2n) is 7.36. The normalized spacial score (nSPS) is 20.7. The van der Waals surface area contributed by atoms with Gasteiger partial charge in [0, 0.05) is 65.1 Å². The second-order valence-corrected chi connectivity index (χ2v) is 7.36. The largest absolute Gasteiger partial charge is 0.375 e. The molecule has 0 spiro atoms. The van der Waals surface area contributed by atoms with E-state index in [1.165, 1.54) is 7.11 Å². The molecular formula is C20H30N4O4. The van der Waals surface area contributed by atoms with E-state index in [0.29, 0.717) is 25.9 Å². The molecule has 1 fully saturated rings. The number of rotatable bonds is 6. The van der Waals surface area contributed by atoms with E-state index in [1.54, 1.807) is 36.3 Å². The minimum atomic E-state index is -0.356. The van der Waals surface area contributed by atoms with Gasteiger partial charge in [-0.15, -0.1) is 0 Å². The Balaban J connectivity index is 1.99. The maximum absolute atomic E-state index is 12.9. The number of pyridine rings is 1. The summed E-state index contributed by atoms with van der Waals surface area (Å²) in [7, 11) is 4.94. The molecule has 0 aromatic carbocycles. The summed E-state index contributed by atoms with van der Waals surface area (Å²) < 4.78 is 4.85. The zero-order valence-corrected chi connectivity index (χ0v) is 16.9. The van der Waals surface area contributed by atoms with Crippen molar-refractivity contribution < 1.29 is 19.1 Å². The number of hydrogen-bond acceptors (Lipinski definition) is 5. The van der Waals surface area contributed by atoms with Crippen molar-refractivity contribution >= 4 is 17.7 Å². The number of likely N-dealkylation sites (N-methyl/N-ethyl adjacent to an activating group) is 1. The van der Waals surface area contributed by atoms with Crippen molar-refractivity contribution in [2.45, 2.75) is 38.3 Å². The van der Waals surface area contributed by atoms with Crippen LogP contribution in [0.15, 0.2) is 24.5 Å². The van der Waals surface area contributed by atoms with Gasteiger partial charge in [-0.3, -0.25) is 19.4 Å². The van der Waals surface area contributed by atoms with Gasteiger partial charge in [0.15, 0.2) is 0 Å². The van der Waals surface area contributed by atoms with Crippen molar-refractivity contribution in [1.82, 2.24) is 20.1 Å². The highest BCUT2D eigenvalue weighted by Gasteiger charge is 2.29. The number of nitrogens with zero attached hydrogens (tertiary/aromatic N) is 3. The number of carbonyl (C=O) groups is 3. The summed E-state index contributed by atoms with van der Waals surface area (Å²) in [6.45, 7) is 0.887. The third kappa shape index (κ3) is 6.60. The molecule has 1 N–H and O–H groups in total. The number of methoxy groups -OCH3 is 1. The van der Waals surface area contributed by atoms with E-state index in [-0.39, 0.29) is 42.7 Å². The standard InChI is InChI=1S/C20H30N4O4/c1-23-13-17(22-18(25)14-28-3)8-4-7-16(10-19(23)26)20(27)24(2)12-15-6-5-9-21-11-15/h5-6,9,11,16-17H,4,7-8,10,12-14H2,1-3H3,(H,22,25)/t16-,17-/m1/s1. The summed E-state index contributed by atoms with van der Waals surface area (Å²) in [6.07, 6.45) is 5.70. The molecule has 0 radical (unpaired) electrons. The van der Waals surface area contributed by atoms with E-state index >= 15 is 0 Å². The Labute approximate surface area is 166 Å². The first-order valence-corrected chi connectivity index (χ1v) is 9.56. The molecule has 0 bridgehead atoms. The molecule has 2 heterocycles. The molecule has 8 heteroatoms. The van der Waals surface area contributed by atoms with Crippen LogP contribution in [-0.4, -0.2) is 72.9 Å². The Bertz CT molecular complexity index is 667. The lowest BCUT2D eigenvalue weighted by atomic mass is 9.95. The van der Waals surface area contributed by atoms with Crippen LogP contribution in [0.1, 0.15) is 31.2 Å². The van der Waals surface area contributed by atoms with Crippen molar-refractivity contribution in [3.63, 3.8) is 0 Å². The summed E-state index contributed by atoms with van der Waals surface area (Å²) >= 11 is 0. The number of hydrogen-bond donors (Lipinski definition) is 1. The van der Waals surface area contributed by atoms with Crippen LogP contribution in [0.3, 0.4) is 0 Å². The average molecular weight is 390 g/mol. The van der Waals surface area contributed by atoms with Crippen LogP contribution in [0.4, 0.5) is 0 Å². The molecule has 1 aromatic heterocycles. The van der Waals surface area contributed by atoms with Crippen LogP contribution in [-0.2, 0) is 25.7 Å². The van der Waals surface area contributed by atoms with Crippen LogP contribution in [0, 0.1) is 5.92 Å². The number of amides is 3. The zero-order valence-electron chi connectivity index (χ0n) is 16.9. The lowest BCUT2D eigenvalue weighted by Crippen LogP contribution is -2.45. The average Bonchev–Trinajstić information content (AvgIpc) is 2.72. The fraction of sp³-hybridized carbons (Fsp3) is 0.600. The zero-order chi connectivity index (χ0) is 20.5. The van der Waals surface area contributed by atoms with Gasteiger partial charge >= 0.3 is 0 Å². The first-order chi connectivity index (χ1) is 13.4. The van der Waals surface area contributed by atoms with Crippen molar-refractivity contribution in [2.75, 3.05) is 34.4 Å². The molecule has 3 amide bonds. The maximum atomic E-state index is 12.9. The third-order valence-electron chi connectivity index (χ3n) is 4.95. The predicted octanol–water partition coefficient (Wildman–Crippen LogP) is 0.820. The second kappa shape index (κ2) is 10.8. The molecule has 1 aromatic rings. The van der Waals surface area contributed by atoms with Gasteiger partial charge in [0.05, 0.1) is 0 Å². The monoisotopic (exact) mass is 390 g/mol. The fourth-order valence-electron chi connectivity index (χ4n) is 3.49. The van der Waals surface area contributed by atoms with Gasteiger partial charge in [0.25, 0.3) is 0 Å². The van der Waals surface area contributed by atoms with Gasteiger partial charge in [-0.25, -0.2) is 0 Å².